The lowest BCUT2D eigenvalue weighted by Gasteiger charge is -2.23. The van der Waals surface area contributed by atoms with E-state index in [2.05, 4.69) is 0 Å². The van der Waals surface area contributed by atoms with E-state index < -0.39 is 6.64 Å². The normalized spacial score (nSPS) is 22.8. The fourth-order valence-electron chi connectivity index (χ4n) is 0.853. The van der Waals surface area contributed by atoms with Gasteiger partial charge < -0.3 is 9.42 Å². The van der Waals surface area contributed by atoms with Crippen molar-refractivity contribution in [2.24, 2.45) is 0 Å². The van der Waals surface area contributed by atoms with E-state index >= 15 is 0 Å². The lowest BCUT2D eigenvalue weighted by atomic mass is 10.8. The van der Waals surface area contributed by atoms with Crippen molar-refractivity contribution in [1.82, 2.24) is 4.67 Å². The third kappa shape index (κ3) is 2.20. The van der Waals surface area contributed by atoms with Crippen molar-refractivity contribution < 1.29 is 14.2 Å². The number of carbonyl (C=O) groups excluding carboxylic acids is 1. The van der Waals surface area contributed by atoms with Gasteiger partial charge in [-0.3, -0.25) is 9.46 Å². The van der Waals surface area contributed by atoms with E-state index in [0.29, 0.717) is 18.9 Å². The van der Waals surface area contributed by atoms with Crippen LogP contribution in [0.5, 0.6) is 0 Å². The third-order valence-electron chi connectivity index (χ3n) is 1.34. The quantitative estimate of drug-likeness (QED) is 0.739. The minimum Gasteiger partial charge on any atom is -0.329 e. The van der Waals surface area contributed by atoms with Crippen molar-refractivity contribution in [2.75, 3.05) is 18.9 Å². The molecule has 4 nitrogen and oxygen atoms in total. The highest BCUT2D eigenvalue weighted by atomic mass is 32.5. The average Bonchev–Trinajstić information content (AvgIpc) is 2.35. The van der Waals surface area contributed by atoms with Gasteiger partial charge in [-0.2, -0.15) is 0 Å². The Labute approximate surface area is 80.5 Å². The Morgan fingerprint density at radius 2 is 2.58 bits per heavy atom. The van der Waals surface area contributed by atoms with E-state index in [4.69, 9.17) is 16.3 Å². The second-order valence-electron chi connectivity index (χ2n) is 2.15. The minimum atomic E-state index is -3.00. The van der Waals surface area contributed by atoms with Crippen LogP contribution < -0.4 is 0 Å². The molecular formula is C5H10NO3PS2. The van der Waals surface area contributed by atoms with E-state index in [1.54, 1.807) is 6.92 Å². The average molecular weight is 227 g/mol. The van der Waals surface area contributed by atoms with E-state index in [9.17, 15) is 9.69 Å². The van der Waals surface area contributed by atoms with Crippen LogP contribution in [-0.4, -0.2) is 33.7 Å². The van der Waals surface area contributed by atoms with Crippen LogP contribution in [0.25, 0.3) is 0 Å². The van der Waals surface area contributed by atoms with Gasteiger partial charge >= 0.3 is 0 Å². The molecule has 12 heavy (non-hydrogen) atoms. The number of hydrogen-bond acceptors (Lipinski definition) is 4. The number of nitrogens with zero attached hydrogens (tertiary/aromatic N) is 1. The maximum Gasteiger partial charge on any atom is 0.290 e. The standard InChI is InChI=1S/C5H10NO3PS2/c1-2-9-10(8,11)6-3-4-12-5(6)7/h2-4H2,1H3,(H,8,11). The Kier molecular flexibility index (Phi) is 3.55. The number of thioether (sulfide) groups is 1. The zero-order chi connectivity index (χ0) is 9.19. The topological polar surface area (TPSA) is 49.8 Å². The maximum absolute atomic E-state index is 11.1. The Morgan fingerprint density at radius 3 is 3.00 bits per heavy atom. The van der Waals surface area contributed by atoms with Crippen LogP contribution in [0, 0.1) is 0 Å². The summed E-state index contributed by atoms with van der Waals surface area (Å²) in [6.45, 7) is -0.426. The number of rotatable bonds is 3. The van der Waals surface area contributed by atoms with Crippen molar-refractivity contribution in [3.05, 3.63) is 0 Å². The third-order valence-corrected chi connectivity index (χ3v) is 4.83. The molecule has 0 aromatic rings. The molecule has 0 bridgehead atoms. The van der Waals surface area contributed by atoms with Crippen molar-refractivity contribution in [1.29, 1.82) is 0 Å². The lowest BCUT2D eigenvalue weighted by molar-refractivity contribution is 0.235. The molecule has 1 aliphatic heterocycles. The summed E-state index contributed by atoms with van der Waals surface area (Å²) in [5, 5.41) is -0.172. The molecule has 0 aliphatic carbocycles. The van der Waals surface area contributed by atoms with Gasteiger partial charge in [-0.25, -0.2) is 0 Å². The molecule has 1 unspecified atom stereocenters. The smallest absolute Gasteiger partial charge is 0.290 e. The van der Waals surface area contributed by atoms with Crippen LogP contribution in [0.1, 0.15) is 6.92 Å². The molecule has 1 heterocycles. The predicted octanol–water partition coefficient (Wildman–Crippen LogP) is 1.41. The van der Waals surface area contributed by atoms with Crippen LogP contribution in [0.2, 0.25) is 0 Å². The summed E-state index contributed by atoms with van der Waals surface area (Å²) >= 11 is 5.98. The van der Waals surface area contributed by atoms with Gasteiger partial charge in [-0.05, 0) is 18.7 Å². The highest BCUT2D eigenvalue weighted by Crippen LogP contribution is 2.50. The first-order chi connectivity index (χ1) is 5.58. The Hall–Kier alpha value is 0.390. The fourth-order valence-corrected chi connectivity index (χ4v) is 4.16. The van der Waals surface area contributed by atoms with Crippen LogP contribution >= 0.6 is 18.4 Å². The lowest BCUT2D eigenvalue weighted by Crippen LogP contribution is -2.20. The van der Waals surface area contributed by atoms with E-state index in [0.717, 1.165) is 0 Å². The molecule has 0 radical (unpaired) electrons. The number of hydrogen-bond donors (Lipinski definition) is 1. The van der Waals surface area contributed by atoms with Gasteiger partial charge in [-0.15, -0.1) is 0 Å². The Bertz CT molecular complexity index is 235. The summed E-state index contributed by atoms with van der Waals surface area (Å²) in [5.74, 6) is 0.685. The molecule has 1 atom stereocenters. The largest absolute Gasteiger partial charge is 0.329 e. The van der Waals surface area contributed by atoms with Gasteiger partial charge in [0.2, 0.25) is 0 Å². The van der Waals surface area contributed by atoms with Crippen LogP contribution in [0.3, 0.4) is 0 Å². The van der Waals surface area contributed by atoms with Gasteiger partial charge in [0.25, 0.3) is 11.9 Å². The summed E-state index contributed by atoms with van der Waals surface area (Å²) in [5.41, 5.74) is 0. The van der Waals surface area contributed by atoms with Gasteiger partial charge in [-0.1, -0.05) is 11.8 Å². The first kappa shape index (κ1) is 10.5. The molecule has 70 valence electrons. The van der Waals surface area contributed by atoms with E-state index in [1.807, 2.05) is 0 Å². The Morgan fingerprint density at radius 1 is 1.92 bits per heavy atom. The summed E-state index contributed by atoms with van der Waals surface area (Å²) in [4.78, 5) is 20.7. The monoisotopic (exact) mass is 227 g/mol. The number of amides is 1. The molecule has 1 N–H and O–H groups in total. The first-order valence-electron chi connectivity index (χ1n) is 3.50. The highest BCUT2D eigenvalue weighted by molar-refractivity contribution is 8.16. The van der Waals surface area contributed by atoms with Crippen molar-refractivity contribution in [2.45, 2.75) is 6.92 Å². The van der Waals surface area contributed by atoms with Crippen LogP contribution in [0.4, 0.5) is 4.79 Å². The highest BCUT2D eigenvalue weighted by Gasteiger charge is 2.33. The van der Waals surface area contributed by atoms with Gasteiger partial charge in [0.05, 0.1) is 6.61 Å². The predicted molar refractivity (Wildman–Crippen MR) is 52.7 cm³/mol. The van der Waals surface area contributed by atoms with Gasteiger partial charge in [0, 0.05) is 12.3 Å². The first-order valence-corrected chi connectivity index (χ1v) is 7.11. The molecule has 1 aliphatic rings. The molecule has 1 fully saturated rings. The fraction of sp³-hybridized carbons (Fsp3) is 0.800. The molecule has 0 saturated carbocycles. The zero-order valence-corrected chi connectivity index (χ0v) is 9.12. The van der Waals surface area contributed by atoms with Crippen LogP contribution in [0.15, 0.2) is 0 Å². The van der Waals surface area contributed by atoms with Crippen molar-refractivity contribution in [3.8, 4) is 0 Å². The summed E-state index contributed by atoms with van der Waals surface area (Å²) in [6.07, 6.45) is 0. The summed E-state index contributed by atoms with van der Waals surface area (Å²) in [6, 6.07) is 0. The molecular weight excluding hydrogens is 217 g/mol. The second-order valence-corrected chi connectivity index (χ2v) is 6.34. The molecule has 1 amide bonds. The number of carbonyl (C=O) groups is 1. The maximum atomic E-state index is 11.1. The molecule has 0 aromatic heterocycles. The summed E-state index contributed by atoms with van der Waals surface area (Å²) in [7, 11) is 0. The minimum absolute atomic E-state index is 0.172. The summed E-state index contributed by atoms with van der Waals surface area (Å²) < 4.78 is 6.22. The molecule has 1 saturated heterocycles. The van der Waals surface area contributed by atoms with Crippen LogP contribution in [-0.2, 0) is 16.3 Å². The van der Waals surface area contributed by atoms with Crippen molar-refractivity contribution in [3.63, 3.8) is 0 Å². The van der Waals surface area contributed by atoms with Crippen molar-refractivity contribution >= 4 is 35.5 Å². The van der Waals surface area contributed by atoms with Gasteiger partial charge in [0.1, 0.15) is 0 Å². The SMILES string of the molecule is CCOP(O)(=S)N1CCSC1=O. The molecule has 0 aromatic carbocycles. The molecule has 0 spiro atoms. The Balaban J connectivity index is 2.67. The molecule has 1 rings (SSSR count). The van der Waals surface area contributed by atoms with Gasteiger partial charge in [0.15, 0.2) is 0 Å². The van der Waals surface area contributed by atoms with E-state index in [1.165, 1.54) is 16.4 Å². The second kappa shape index (κ2) is 4.07. The van der Waals surface area contributed by atoms with E-state index in [-0.39, 0.29) is 5.24 Å². The molecule has 7 heteroatoms. The zero-order valence-electron chi connectivity index (χ0n) is 6.60.